The van der Waals surface area contributed by atoms with Crippen LogP contribution in [-0.2, 0) is 13.0 Å². The summed E-state index contributed by atoms with van der Waals surface area (Å²) in [7, 11) is 1.62. The maximum atomic E-state index is 11.6. The number of nitrogens with two attached hydrogens (primary N) is 1. The van der Waals surface area contributed by atoms with E-state index in [2.05, 4.69) is 29.0 Å². The molecule has 0 unspecified atom stereocenters. The molecule has 0 saturated heterocycles. The summed E-state index contributed by atoms with van der Waals surface area (Å²) in [5.41, 5.74) is 9.34. The van der Waals surface area contributed by atoms with Crippen molar-refractivity contribution in [1.29, 1.82) is 0 Å². The van der Waals surface area contributed by atoms with Crippen LogP contribution in [0.1, 0.15) is 27.7 Å². The van der Waals surface area contributed by atoms with Crippen molar-refractivity contribution < 1.29 is 4.79 Å². The van der Waals surface area contributed by atoms with E-state index in [4.69, 9.17) is 5.73 Å². The molecule has 2 rings (SSSR count). The smallest absolute Gasteiger partial charge is 0.251 e. The first-order valence-corrected chi connectivity index (χ1v) is 7.44. The quantitative estimate of drug-likeness (QED) is 0.741. The predicted octanol–water partition coefficient (Wildman–Crippen LogP) is 2.86. The highest BCUT2D eigenvalue weighted by molar-refractivity contribution is 7.10. The van der Waals surface area contributed by atoms with E-state index in [1.165, 1.54) is 10.4 Å². The first-order valence-electron chi connectivity index (χ1n) is 6.56. The molecule has 4 nitrogen and oxygen atoms in total. The maximum Gasteiger partial charge on any atom is 0.251 e. The second-order valence-corrected chi connectivity index (χ2v) is 5.46. The molecule has 4 N–H and O–H groups in total. The molecular formula is C15H19N3OS. The highest BCUT2D eigenvalue weighted by atomic mass is 32.1. The Bertz CT molecular complexity index is 607. The normalized spacial score (nSPS) is 10.3. The van der Waals surface area contributed by atoms with E-state index in [-0.39, 0.29) is 5.91 Å². The fourth-order valence-corrected chi connectivity index (χ4v) is 2.92. The lowest BCUT2D eigenvalue weighted by molar-refractivity contribution is 0.0963. The minimum atomic E-state index is -0.113. The van der Waals surface area contributed by atoms with Crippen LogP contribution in [0.2, 0.25) is 0 Å². The van der Waals surface area contributed by atoms with E-state index in [1.54, 1.807) is 36.6 Å². The largest absolute Gasteiger partial charge is 0.397 e. The van der Waals surface area contributed by atoms with Gasteiger partial charge in [0.25, 0.3) is 5.91 Å². The summed E-state index contributed by atoms with van der Waals surface area (Å²) < 4.78 is 0. The standard InChI is InChI=1S/C15H19N3OS/c1-3-10-6-7-20-14(10)9-18-13-8-11(15(19)17-2)4-5-12(13)16/h4-8,18H,3,9,16H2,1-2H3,(H,17,19). The Labute approximate surface area is 123 Å². The average molecular weight is 289 g/mol. The molecule has 1 aromatic heterocycles. The summed E-state index contributed by atoms with van der Waals surface area (Å²) in [6.07, 6.45) is 1.02. The minimum absolute atomic E-state index is 0.113. The molecule has 0 atom stereocenters. The zero-order chi connectivity index (χ0) is 14.5. The first kappa shape index (κ1) is 14.4. The number of anilines is 2. The van der Waals surface area contributed by atoms with Crippen molar-refractivity contribution in [2.24, 2.45) is 0 Å². The van der Waals surface area contributed by atoms with Gasteiger partial charge in [-0.15, -0.1) is 11.3 Å². The van der Waals surface area contributed by atoms with Gasteiger partial charge in [-0.25, -0.2) is 0 Å². The third-order valence-electron chi connectivity index (χ3n) is 3.20. The Balaban J connectivity index is 2.14. The van der Waals surface area contributed by atoms with Crippen LogP contribution in [0, 0.1) is 0 Å². The van der Waals surface area contributed by atoms with Crippen molar-refractivity contribution in [3.8, 4) is 0 Å². The molecule has 5 heteroatoms. The van der Waals surface area contributed by atoms with Crippen LogP contribution in [0.4, 0.5) is 11.4 Å². The molecule has 1 heterocycles. The van der Waals surface area contributed by atoms with Gasteiger partial charge in [0.05, 0.1) is 11.4 Å². The highest BCUT2D eigenvalue weighted by Gasteiger charge is 2.08. The molecule has 106 valence electrons. The van der Waals surface area contributed by atoms with E-state index in [1.807, 2.05) is 0 Å². The van der Waals surface area contributed by atoms with E-state index in [0.29, 0.717) is 11.3 Å². The Morgan fingerprint density at radius 3 is 2.85 bits per heavy atom. The van der Waals surface area contributed by atoms with Crippen molar-refractivity contribution in [3.63, 3.8) is 0 Å². The summed E-state index contributed by atoms with van der Waals surface area (Å²) in [5.74, 6) is -0.113. The lowest BCUT2D eigenvalue weighted by Gasteiger charge is -2.11. The summed E-state index contributed by atoms with van der Waals surface area (Å²) in [5, 5.41) is 8.02. The topological polar surface area (TPSA) is 67.2 Å². The Morgan fingerprint density at radius 2 is 2.15 bits per heavy atom. The van der Waals surface area contributed by atoms with E-state index < -0.39 is 0 Å². The monoisotopic (exact) mass is 289 g/mol. The van der Waals surface area contributed by atoms with Crippen molar-refractivity contribution >= 4 is 28.6 Å². The van der Waals surface area contributed by atoms with Gasteiger partial charge in [0, 0.05) is 24.0 Å². The van der Waals surface area contributed by atoms with Crippen LogP contribution in [-0.4, -0.2) is 13.0 Å². The molecule has 0 fully saturated rings. The van der Waals surface area contributed by atoms with E-state index in [9.17, 15) is 4.79 Å². The second-order valence-electron chi connectivity index (χ2n) is 4.46. The lowest BCUT2D eigenvalue weighted by Crippen LogP contribution is -2.18. The Morgan fingerprint density at radius 1 is 1.35 bits per heavy atom. The highest BCUT2D eigenvalue weighted by Crippen LogP contribution is 2.23. The average Bonchev–Trinajstić information content (AvgIpc) is 2.93. The summed E-state index contributed by atoms with van der Waals surface area (Å²) >= 11 is 1.73. The van der Waals surface area contributed by atoms with Crippen LogP contribution in [0.25, 0.3) is 0 Å². The molecule has 1 aromatic carbocycles. The van der Waals surface area contributed by atoms with Gasteiger partial charge in [0.1, 0.15) is 0 Å². The zero-order valence-electron chi connectivity index (χ0n) is 11.7. The van der Waals surface area contributed by atoms with Gasteiger partial charge < -0.3 is 16.4 Å². The van der Waals surface area contributed by atoms with Crippen molar-refractivity contribution in [2.45, 2.75) is 19.9 Å². The van der Waals surface area contributed by atoms with Gasteiger partial charge in [-0.2, -0.15) is 0 Å². The number of thiophene rings is 1. The predicted molar refractivity (Wildman–Crippen MR) is 85.3 cm³/mol. The van der Waals surface area contributed by atoms with Gasteiger partial charge in [-0.05, 0) is 41.6 Å². The lowest BCUT2D eigenvalue weighted by atomic mass is 10.1. The summed E-state index contributed by atoms with van der Waals surface area (Å²) in [6.45, 7) is 2.87. The molecule has 1 amide bonds. The van der Waals surface area contributed by atoms with Crippen LogP contribution in [0.5, 0.6) is 0 Å². The SMILES string of the molecule is CCc1ccsc1CNc1cc(C(=O)NC)ccc1N. The number of amides is 1. The molecular weight excluding hydrogens is 270 g/mol. The van der Waals surface area contributed by atoms with Gasteiger partial charge in [0.15, 0.2) is 0 Å². The molecule has 0 saturated carbocycles. The maximum absolute atomic E-state index is 11.6. The van der Waals surface area contributed by atoms with Crippen molar-refractivity contribution in [3.05, 3.63) is 45.6 Å². The van der Waals surface area contributed by atoms with Crippen molar-refractivity contribution in [1.82, 2.24) is 5.32 Å². The molecule has 0 spiro atoms. The van der Waals surface area contributed by atoms with Gasteiger partial charge in [-0.3, -0.25) is 4.79 Å². The van der Waals surface area contributed by atoms with Gasteiger partial charge >= 0.3 is 0 Å². The van der Waals surface area contributed by atoms with Crippen LogP contribution in [0.15, 0.2) is 29.6 Å². The second kappa shape index (κ2) is 6.43. The fourth-order valence-electron chi connectivity index (χ4n) is 2.01. The third-order valence-corrected chi connectivity index (χ3v) is 4.16. The first-order chi connectivity index (χ1) is 9.65. The number of hydrogen-bond acceptors (Lipinski definition) is 4. The number of carbonyl (C=O) groups is 1. The van der Waals surface area contributed by atoms with E-state index >= 15 is 0 Å². The van der Waals surface area contributed by atoms with Crippen LogP contribution < -0.4 is 16.4 Å². The van der Waals surface area contributed by atoms with Crippen molar-refractivity contribution in [2.75, 3.05) is 18.1 Å². The van der Waals surface area contributed by atoms with Crippen LogP contribution in [0.3, 0.4) is 0 Å². The zero-order valence-corrected chi connectivity index (χ0v) is 12.5. The molecule has 0 radical (unpaired) electrons. The summed E-state index contributed by atoms with van der Waals surface area (Å²) in [4.78, 5) is 12.9. The molecule has 0 bridgehead atoms. The molecule has 2 aromatic rings. The Hall–Kier alpha value is -2.01. The minimum Gasteiger partial charge on any atom is -0.397 e. The van der Waals surface area contributed by atoms with Gasteiger partial charge in [-0.1, -0.05) is 6.92 Å². The van der Waals surface area contributed by atoms with Gasteiger partial charge in [0.2, 0.25) is 0 Å². The molecule has 0 aliphatic carbocycles. The number of rotatable bonds is 5. The molecule has 20 heavy (non-hydrogen) atoms. The molecule has 0 aliphatic heterocycles. The fraction of sp³-hybridized carbons (Fsp3) is 0.267. The van der Waals surface area contributed by atoms with E-state index in [0.717, 1.165) is 18.7 Å². The number of nitrogen functional groups attached to an aromatic ring is 1. The Kier molecular flexibility index (Phi) is 4.63. The number of aryl methyl sites for hydroxylation is 1. The summed E-state index contributed by atoms with van der Waals surface area (Å²) in [6, 6.07) is 7.41. The number of benzene rings is 1. The number of hydrogen-bond donors (Lipinski definition) is 3. The molecule has 0 aliphatic rings. The van der Waals surface area contributed by atoms with Crippen LogP contribution >= 0.6 is 11.3 Å². The third kappa shape index (κ3) is 3.11. The number of carbonyl (C=O) groups excluding carboxylic acids is 1. The number of nitrogens with one attached hydrogen (secondary N) is 2.